The number of carboxylic acid groups (broad SMARTS) is 1. The van der Waals surface area contributed by atoms with Gasteiger partial charge in [0.05, 0.1) is 16.5 Å². The number of nitrogens with zero attached hydrogens (tertiary/aromatic N) is 5. The third-order valence-electron chi connectivity index (χ3n) is 5.87. The normalized spacial score (nSPS) is 15.4. The molecule has 0 aliphatic carbocycles. The summed E-state index contributed by atoms with van der Waals surface area (Å²) in [6, 6.07) is 11.7. The van der Waals surface area contributed by atoms with Gasteiger partial charge in [-0.25, -0.2) is 19.2 Å². The van der Waals surface area contributed by atoms with Crippen LogP contribution >= 0.6 is 0 Å². The second-order valence-corrected chi connectivity index (χ2v) is 7.96. The zero-order valence-corrected chi connectivity index (χ0v) is 18.8. The highest BCUT2D eigenvalue weighted by Crippen LogP contribution is 2.39. The largest absolute Gasteiger partial charge is 0.478 e. The molecule has 1 aromatic carbocycles. The second-order valence-electron chi connectivity index (χ2n) is 7.96. The van der Waals surface area contributed by atoms with E-state index in [4.69, 9.17) is 15.1 Å². The average molecular weight is 478 g/mol. The number of benzene rings is 1. The molecule has 0 saturated carbocycles. The number of carbonyl (C=O) groups is 1. The molecule has 10 nitrogen and oxygen atoms in total. The first-order valence-corrected chi connectivity index (χ1v) is 10.8. The van der Waals surface area contributed by atoms with Gasteiger partial charge in [0.15, 0.2) is 5.34 Å². The minimum Gasteiger partial charge on any atom is -0.478 e. The van der Waals surface area contributed by atoms with Gasteiger partial charge < -0.3 is 25.1 Å². The number of rotatable bonds is 4. The summed E-state index contributed by atoms with van der Waals surface area (Å²) in [5.74, 6) is -0.135. The predicted octanol–water partition coefficient (Wildman–Crippen LogP) is 3.86. The molecule has 35 heavy (non-hydrogen) atoms. The lowest BCUT2D eigenvalue weighted by atomic mass is 10.0. The van der Waals surface area contributed by atoms with Gasteiger partial charge in [0, 0.05) is 55.4 Å². The Kier molecular flexibility index (Phi) is 6.97. The highest BCUT2D eigenvalue weighted by atomic mass is 19.1. The first-order valence-electron chi connectivity index (χ1n) is 10.8. The molecule has 3 aromatic heterocycles. The standard InChI is InChI=1S/C24H22FN5O2.HNO2/c1-15-13-26-10-11-29(15)23-22-18(17-4-2-3-5-19(17)25)14-30(20(22)7-9-28-23)21-12-16(24(31)32)6-8-27-21;2-1-3/h2-9,12,14-15,26H,10-11,13H2,1H3,(H,31,32);(H,2,3). The molecule has 4 aromatic rings. The smallest absolute Gasteiger partial charge is 0.335 e. The summed E-state index contributed by atoms with van der Waals surface area (Å²) >= 11 is 0. The summed E-state index contributed by atoms with van der Waals surface area (Å²) in [4.78, 5) is 30.9. The number of halogens is 1. The summed E-state index contributed by atoms with van der Waals surface area (Å²) in [6.07, 6.45) is 5.01. The lowest BCUT2D eigenvalue weighted by molar-refractivity contribution is 0.0696. The fourth-order valence-electron chi connectivity index (χ4n) is 4.29. The maximum Gasteiger partial charge on any atom is 0.335 e. The van der Waals surface area contributed by atoms with E-state index in [0.717, 1.165) is 36.4 Å². The van der Waals surface area contributed by atoms with Gasteiger partial charge in [-0.1, -0.05) is 18.2 Å². The van der Waals surface area contributed by atoms with E-state index in [1.165, 1.54) is 29.7 Å². The molecule has 5 rings (SSSR count). The molecular weight excluding hydrogens is 455 g/mol. The van der Waals surface area contributed by atoms with Crippen molar-refractivity contribution in [3.05, 3.63) is 77.3 Å². The Morgan fingerprint density at radius 3 is 2.63 bits per heavy atom. The van der Waals surface area contributed by atoms with Gasteiger partial charge in [0.2, 0.25) is 0 Å². The van der Waals surface area contributed by atoms with E-state index in [1.54, 1.807) is 24.4 Å². The van der Waals surface area contributed by atoms with Crippen molar-refractivity contribution in [2.24, 2.45) is 5.34 Å². The van der Waals surface area contributed by atoms with E-state index in [1.807, 2.05) is 16.8 Å². The molecule has 11 heteroatoms. The Hall–Kier alpha value is -4.38. The van der Waals surface area contributed by atoms with E-state index in [9.17, 15) is 14.3 Å². The van der Waals surface area contributed by atoms with Gasteiger partial charge in [0.25, 0.3) is 0 Å². The molecule has 1 aliphatic heterocycles. The van der Waals surface area contributed by atoms with Crippen LogP contribution in [0.25, 0.3) is 27.8 Å². The molecule has 1 fully saturated rings. The summed E-state index contributed by atoms with van der Waals surface area (Å²) in [6.45, 7) is 4.57. The average Bonchev–Trinajstić information content (AvgIpc) is 3.25. The Balaban J connectivity index is 0.000000917. The molecule has 1 atom stereocenters. The molecule has 1 unspecified atom stereocenters. The van der Waals surface area contributed by atoms with Crippen LogP contribution in [0.5, 0.6) is 0 Å². The second kappa shape index (κ2) is 10.3. The predicted molar refractivity (Wildman–Crippen MR) is 128 cm³/mol. The maximum absolute atomic E-state index is 14.9. The maximum atomic E-state index is 14.9. The van der Waals surface area contributed by atoms with Gasteiger partial charge in [0.1, 0.15) is 17.5 Å². The first-order chi connectivity index (χ1) is 17.0. The number of pyridine rings is 2. The van der Waals surface area contributed by atoms with Crippen LogP contribution < -0.4 is 10.2 Å². The Morgan fingerprint density at radius 1 is 1.17 bits per heavy atom. The molecule has 180 valence electrons. The summed E-state index contributed by atoms with van der Waals surface area (Å²) in [7, 11) is 0. The van der Waals surface area contributed by atoms with Crippen molar-refractivity contribution in [2.45, 2.75) is 13.0 Å². The third-order valence-corrected chi connectivity index (χ3v) is 5.87. The number of hydrogen-bond acceptors (Lipinski definition) is 7. The summed E-state index contributed by atoms with van der Waals surface area (Å²) < 4.78 is 16.7. The number of hydrogen-bond donors (Lipinski definition) is 3. The molecule has 0 bridgehead atoms. The van der Waals surface area contributed by atoms with Crippen LogP contribution in [0.3, 0.4) is 0 Å². The Bertz CT molecular complexity index is 1380. The van der Waals surface area contributed by atoms with Gasteiger partial charge in [-0.3, -0.25) is 0 Å². The van der Waals surface area contributed by atoms with Crippen LogP contribution in [0.15, 0.2) is 66.4 Å². The van der Waals surface area contributed by atoms with Crippen LogP contribution in [0.4, 0.5) is 10.2 Å². The van der Waals surface area contributed by atoms with Crippen molar-refractivity contribution in [1.29, 1.82) is 0 Å². The van der Waals surface area contributed by atoms with Crippen LogP contribution in [0, 0.1) is 10.7 Å². The van der Waals surface area contributed by atoms with Gasteiger partial charge in [-0.2, -0.15) is 0 Å². The van der Waals surface area contributed by atoms with Crippen LogP contribution in [-0.4, -0.2) is 56.5 Å². The van der Waals surface area contributed by atoms with E-state index in [-0.39, 0.29) is 17.4 Å². The number of anilines is 1. The van der Waals surface area contributed by atoms with Gasteiger partial charge in [-0.15, -0.1) is 4.91 Å². The lowest BCUT2D eigenvalue weighted by Crippen LogP contribution is -2.50. The molecule has 1 saturated heterocycles. The van der Waals surface area contributed by atoms with Crippen molar-refractivity contribution in [2.75, 3.05) is 24.5 Å². The number of fused-ring (bicyclic) bond motifs is 1. The molecule has 1 aliphatic rings. The van der Waals surface area contributed by atoms with Crippen molar-refractivity contribution >= 4 is 22.7 Å². The number of aromatic nitrogens is 3. The highest BCUT2D eigenvalue weighted by molar-refractivity contribution is 6.04. The minimum atomic E-state index is -1.03. The monoisotopic (exact) mass is 478 g/mol. The molecular formula is C24H23FN6O4. The van der Waals surface area contributed by atoms with Crippen molar-refractivity contribution < 1.29 is 19.5 Å². The van der Waals surface area contributed by atoms with E-state index >= 15 is 0 Å². The molecule has 0 radical (unpaired) electrons. The van der Waals surface area contributed by atoms with E-state index in [0.29, 0.717) is 16.9 Å². The van der Waals surface area contributed by atoms with E-state index in [2.05, 4.69) is 22.1 Å². The van der Waals surface area contributed by atoms with Crippen molar-refractivity contribution in [3.63, 3.8) is 0 Å². The molecule has 4 heterocycles. The fourth-order valence-corrected chi connectivity index (χ4v) is 4.29. The highest BCUT2D eigenvalue weighted by Gasteiger charge is 2.25. The van der Waals surface area contributed by atoms with E-state index < -0.39 is 5.97 Å². The zero-order valence-electron chi connectivity index (χ0n) is 18.8. The third kappa shape index (κ3) is 4.66. The number of nitrogens with one attached hydrogen (secondary N) is 1. The molecule has 0 spiro atoms. The fraction of sp³-hybridized carbons (Fsp3) is 0.208. The van der Waals surface area contributed by atoms with Crippen molar-refractivity contribution in [1.82, 2.24) is 19.9 Å². The Labute approximate surface area is 199 Å². The molecule has 3 N–H and O–H groups in total. The number of aromatic carboxylic acids is 1. The number of carboxylic acids is 1. The lowest BCUT2D eigenvalue weighted by Gasteiger charge is -2.35. The van der Waals surface area contributed by atoms with Crippen LogP contribution in [0.1, 0.15) is 17.3 Å². The quantitative estimate of drug-likeness (QED) is 0.297. The first kappa shape index (κ1) is 23.8. The SMILES string of the molecule is CC1CNCCN1c1nccc2c1c(-c1ccccc1F)cn2-c1cc(C(=O)O)ccn1.O=NO. The summed E-state index contributed by atoms with van der Waals surface area (Å²) in [5, 5.41) is 21.5. The van der Waals surface area contributed by atoms with Gasteiger partial charge >= 0.3 is 5.97 Å². The Morgan fingerprint density at radius 2 is 1.91 bits per heavy atom. The summed E-state index contributed by atoms with van der Waals surface area (Å²) in [5.41, 5.74) is 2.07. The number of piperazine rings is 1. The molecule has 0 amide bonds. The topological polar surface area (TPSA) is 133 Å². The zero-order chi connectivity index (χ0) is 24.9. The van der Waals surface area contributed by atoms with Gasteiger partial charge in [-0.05, 0) is 31.2 Å². The van der Waals surface area contributed by atoms with Crippen LogP contribution in [0.2, 0.25) is 0 Å². The van der Waals surface area contributed by atoms with Crippen molar-refractivity contribution in [3.8, 4) is 16.9 Å². The minimum absolute atomic E-state index is 0.134. The van der Waals surface area contributed by atoms with Crippen LogP contribution in [-0.2, 0) is 0 Å².